The topological polar surface area (TPSA) is 64.2 Å². The molecule has 0 radical (unpaired) electrons. The lowest BCUT2D eigenvalue weighted by Gasteiger charge is -2.08. The summed E-state index contributed by atoms with van der Waals surface area (Å²) in [6.45, 7) is 6.22. The Labute approximate surface area is 117 Å². The molecule has 0 unspecified atom stereocenters. The third kappa shape index (κ3) is 2.66. The first-order chi connectivity index (χ1) is 9.40. The van der Waals surface area contributed by atoms with Gasteiger partial charge in [0.25, 0.3) is 0 Å². The molecule has 0 saturated heterocycles. The number of hydrogen-bond acceptors (Lipinski definition) is 2. The Morgan fingerprint density at radius 2 is 2.00 bits per heavy atom. The minimum Gasteiger partial charge on any atom is -0.478 e. The van der Waals surface area contributed by atoms with Crippen molar-refractivity contribution < 1.29 is 9.90 Å². The summed E-state index contributed by atoms with van der Waals surface area (Å²) in [5, 5.41) is 8.94. The molecule has 0 aliphatic heterocycles. The standard InChI is InChI=1S/C15H18N2O3/c1-10(2)17-7-6-16(15(17)20)9-13-5-4-12(14(18)19)8-11(13)3/h4-8,10H,9H2,1-3H3,(H,18,19). The maximum Gasteiger partial charge on any atom is 0.335 e. The van der Waals surface area contributed by atoms with E-state index >= 15 is 0 Å². The monoisotopic (exact) mass is 274 g/mol. The molecule has 0 atom stereocenters. The second kappa shape index (κ2) is 5.36. The zero-order valence-corrected chi connectivity index (χ0v) is 11.8. The first-order valence-corrected chi connectivity index (χ1v) is 6.50. The van der Waals surface area contributed by atoms with Crippen molar-refractivity contribution in [1.82, 2.24) is 9.13 Å². The predicted molar refractivity (Wildman–Crippen MR) is 76.3 cm³/mol. The smallest absolute Gasteiger partial charge is 0.335 e. The van der Waals surface area contributed by atoms with E-state index in [1.165, 1.54) is 0 Å². The van der Waals surface area contributed by atoms with Crippen LogP contribution in [0.5, 0.6) is 0 Å². The van der Waals surface area contributed by atoms with Crippen LogP contribution >= 0.6 is 0 Å². The van der Waals surface area contributed by atoms with Gasteiger partial charge in [-0.15, -0.1) is 0 Å². The van der Waals surface area contributed by atoms with E-state index in [1.807, 2.05) is 20.8 Å². The molecule has 0 bridgehead atoms. The molecular formula is C15H18N2O3. The summed E-state index contributed by atoms with van der Waals surface area (Å²) in [6.07, 6.45) is 3.53. The lowest BCUT2D eigenvalue weighted by molar-refractivity contribution is 0.0697. The highest BCUT2D eigenvalue weighted by Crippen LogP contribution is 2.12. The first-order valence-electron chi connectivity index (χ1n) is 6.50. The summed E-state index contributed by atoms with van der Waals surface area (Å²) in [4.78, 5) is 23.0. The van der Waals surface area contributed by atoms with Gasteiger partial charge in [-0.05, 0) is 44.0 Å². The Hall–Kier alpha value is -2.30. The highest BCUT2D eigenvalue weighted by molar-refractivity contribution is 5.87. The summed E-state index contributed by atoms with van der Waals surface area (Å²) in [5.41, 5.74) is 2.02. The molecule has 1 heterocycles. The van der Waals surface area contributed by atoms with Crippen molar-refractivity contribution in [3.63, 3.8) is 0 Å². The molecular weight excluding hydrogens is 256 g/mol. The summed E-state index contributed by atoms with van der Waals surface area (Å²) in [5.74, 6) is -0.942. The molecule has 2 rings (SSSR count). The average Bonchev–Trinajstić information content (AvgIpc) is 2.73. The predicted octanol–water partition coefficient (Wildman–Crippen LogP) is 2.29. The van der Waals surface area contributed by atoms with Gasteiger partial charge in [-0.25, -0.2) is 9.59 Å². The molecule has 5 nitrogen and oxygen atoms in total. The third-order valence-electron chi connectivity index (χ3n) is 3.36. The van der Waals surface area contributed by atoms with Gasteiger partial charge in [-0.2, -0.15) is 0 Å². The Kier molecular flexibility index (Phi) is 3.79. The molecule has 1 aromatic heterocycles. The molecule has 0 aliphatic carbocycles. The van der Waals surface area contributed by atoms with E-state index in [0.717, 1.165) is 11.1 Å². The highest BCUT2D eigenvalue weighted by Gasteiger charge is 2.09. The van der Waals surface area contributed by atoms with E-state index in [2.05, 4.69) is 0 Å². The van der Waals surface area contributed by atoms with Crippen molar-refractivity contribution in [2.24, 2.45) is 0 Å². The van der Waals surface area contributed by atoms with Crippen molar-refractivity contribution in [2.45, 2.75) is 33.4 Å². The van der Waals surface area contributed by atoms with Crippen LogP contribution in [0.4, 0.5) is 0 Å². The van der Waals surface area contributed by atoms with Crippen LogP contribution in [0, 0.1) is 6.92 Å². The Morgan fingerprint density at radius 3 is 2.50 bits per heavy atom. The van der Waals surface area contributed by atoms with Crippen LogP contribution in [0.2, 0.25) is 0 Å². The summed E-state index contributed by atoms with van der Waals surface area (Å²) in [7, 11) is 0. The molecule has 0 spiro atoms. The number of carboxylic acids is 1. The van der Waals surface area contributed by atoms with Gasteiger partial charge in [-0.3, -0.25) is 9.13 Å². The zero-order chi connectivity index (χ0) is 14.9. The van der Waals surface area contributed by atoms with Crippen molar-refractivity contribution >= 4 is 5.97 Å². The van der Waals surface area contributed by atoms with Crippen LogP contribution in [0.15, 0.2) is 35.4 Å². The van der Waals surface area contributed by atoms with Crippen LogP contribution in [-0.2, 0) is 6.54 Å². The van der Waals surface area contributed by atoms with Crippen molar-refractivity contribution in [1.29, 1.82) is 0 Å². The van der Waals surface area contributed by atoms with Crippen LogP contribution in [0.3, 0.4) is 0 Å². The van der Waals surface area contributed by atoms with Gasteiger partial charge in [0, 0.05) is 18.4 Å². The molecule has 1 aromatic carbocycles. The number of carboxylic acid groups (broad SMARTS) is 1. The fourth-order valence-electron chi connectivity index (χ4n) is 2.13. The molecule has 0 fully saturated rings. The number of carbonyl (C=O) groups is 1. The number of imidazole rings is 1. The Morgan fingerprint density at radius 1 is 1.30 bits per heavy atom. The van der Waals surface area contributed by atoms with Gasteiger partial charge in [-0.1, -0.05) is 6.07 Å². The minimum atomic E-state index is -0.942. The summed E-state index contributed by atoms with van der Waals surface area (Å²) >= 11 is 0. The molecule has 5 heteroatoms. The number of rotatable bonds is 4. The largest absolute Gasteiger partial charge is 0.478 e. The summed E-state index contributed by atoms with van der Waals surface area (Å²) in [6, 6.07) is 5.08. The van der Waals surface area contributed by atoms with Gasteiger partial charge in [0.05, 0.1) is 12.1 Å². The molecule has 1 N–H and O–H groups in total. The number of hydrogen-bond donors (Lipinski definition) is 1. The lowest BCUT2D eigenvalue weighted by Crippen LogP contribution is -2.25. The lowest BCUT2D eigenvalue weighted by atomic mass is 10.1. The summed E-state index contributed by atoms with van der Waals surface area (Å²) < 4.78 is 3.30. The van der Waals surface area contributed by atoms with Crippen molar-refractivity contribution in [2.75, 3.05) is 0 Å². The van der Waals surface area contributed by atoms with Crippen LogP contribution < -0.4 is 5.69 Å². The van der Waals surface area contributed by atoms with Crippen LogP contribution in [0.25, 0.3) is 0 Å². The highest BCUT2D eigenvalue weighted by atomic mass is 16.4. The third-order valence-corrected chi connectivity index (χ3v) is 3.36. The van der Waals surface area contributed by atoms with E-state index in [1.54, 1.807) is 39.7 Å². The number of aromatic nitrogens is 2. The maximum atomic E-state index is 12.1. The SMILES string of the molecule is Cc1cc(C(=O)O)ccc1Cn1ccn(C(C)C)c1=O. The number of aromatic carboxylic acids is 1. The molecule has 0 saturated carbocycles. The fourth-order valence-corrected chi connectivity index (χ4v) is 2.13. The fraction of sp³-hybridized carbons (Fsp3) is 0.333. The molecule has 106 valence electrons. The van der Waals surface area contributed by atoms with E-state index in [4.69, 9.17) is 5.11 Å². The molecule has 2 aromatic rings. The number of benzene rings is 1. The molecule has 20 heavy (non-hydrogen) atoms. The van der Waals surface area contributed by atoms with Crippen molar-refractivity contribution in [3.05, 3.63) is 57.8 Å². The van der Waals surface area contributed by atoms with Crippen molar-refractivity contribution in [3.8, 4) is 0 Å². The van der Waals surface area contributed by atoms with E-state index in [0.29, 0.717) is 6.54 Å². The first kappa shape index (κ1) is 14.1. The minimum absolute atomic E-state index is 0.0540. The van der Waals surface area contributed by atoms with E-state index in [9.17, 15) is 9.59 Å². The Bertz CT molecular complexity index is 695. The van der Waals surface area contributed by atoms with Gasteiger partial charge in [0.2, 0.25) is 0 Å². The quantitative estimate of drug-likeness (QED) is 0.930. The van der Waals surface area contributed by atoms with Gasteiger partial charge in [0.1, 0.15) is 0 Å². The van der Waals surface area contributed by atoms with Crippen LogP contribution in [-0.4, -0.2) is 20.2 Å². The van der Waals surface area contributed by atoms with Crippen LogP contribution in [0.1, 0.15) is 41.4 Å². The van der Waals surface area contributed by atoms with Gasteiger partial charge in [0.15, 0.2) is 0 Å². The normalized spacial score (nSPS) is 11.0. The Balaban J connectivity index is 2.31. The second-order valence-corrected chi connectivity index (χ2v) is 5.16. The molecule has 0 aliphatic rings. The number of aryl methyl sites for hydroxylation is 1. The van der Waals surface area contributed by atoms with Gasteiger partial charge < -0.3 is 5.11 Å². The van der Waals surface area contributed by atoms with E-state index in [-0.39, 0.29) is 17.3 Å². The zero-order valence-electron chi connectivity index (χ0n) is 11.8. The number of nitrogens with zero attached hydrogens (tertiary/aromatic N) is 2. The van der Waals surface area contributed by atoms with E-state index < -0.39 is 5.97 Å². The van der Waals surface area contributed by atoms with Gasteiger partial charge >= 0.3 is 11.7 Å². The average molecular weight is 274 g/mol. The molecule has 0 amide bonds. The maximum absolute atomic E-state index is 12.1. The second-order valence-electron chi connectivity index (χ2n) is 5.16.